The molecule has 0 bridgehead atoms. The first kappa shape index (κ1) is 17.8. The van der Waals surface area contributed by atoms with Crippen LogP contribution < -0.4 is 10.6 Å². The number of alkyl halides is 3. The van der Waals surface area contributed by atoms with Crippen molar-refractivity contribution in [1.82, 2.24) is 0 Å². The second-order valence-corrected chi connectivity index (χ2v) is 6.14. The van der Waals surface area contributed by atoms with Crippen molar-refractivity contribution in [2.75, 3.05) is 11.9 Å². The highest BCUT2D eigenvalue weighted by molar-refractivity contribution is 5.92. The van der Waals surface area contributed by atoms with Crippen molar-refractivity contribution in [3.05, 3.63) is 29.8 Å². The summed E-state index contributed by atoms with van der Waals surface area (Å²) in [5.41, 5.74) is -0.977. The fraction of sp³-hybridized carbons (Fsp3) is 0.588. The third-order valence-corrected chi connectivity index (χ3v) is 4.29. The number of rotatable bonds is 4. The van der Waals surface area contributed by atoms with Crippen LogP contribution in [0.1, 0.15) is 50.5 Å². The molecular formula is C17H24F3N2O+. The van der Waals surface area contributed by atoms with Crippen LogP contribution in [0, 0.1) is 0 Å². The molecule has 1 aliphatic carbocycles. The minimum absolute atomic E-state index is 0.164. The maximum Gasteiger partial charge on any atom is 0.418 e. The number of anilines is 1. The van der Waals surface area contributed by atoms with E-state index in [0.29, 0.717) is 6.04 Å². The molecule has 0 atom stereocenters. The van der Waals surface area contributed by atoms with Crippen LogP contribution >= 0.6 is 0 Å². The number of halogens is 3. The molecule has 1 saturated carbocycles. The number of nitrogens with two attached hydrogens (primary N) is 1. The van der Waals surface area contributed by atoms with E-state index in [-0.39, 0.29) is 18.1 Å². The second kappa shape index (κ2) is 8.34. The zero-order chi connectivity index (χ0) is 16.7. The summed E-state index contributed by atoms with van der Waals surface area (Å²) in [6.45, 7) is 0.164. The lowest BCUT2D eigenvalue weighted by atomic mass is 9.97. The van der Waals surface area contributed by atoms with Crippen molar-refractivity contribution < 1.29 is 23.3 Å². The van der Waals surface area contributed by atoms with E-state index in [1.807, 2.05) is 5.32 Å². The van der Waals surface area contributed by atoms with E-state index in [9.17, 15) is 18.0 Å². The lowest BCUT2D eigenvalue weighted by Gasteiger charge is -2.18. The Balaban J connectivity index is 1.87. The Hall–Kier alpha value is -1.56. The van der Waals surface area contributed by atoms with Gasteiger partial charge in [-0.25, -0.2) is 0 Å². The Bertz CT molecular complexity index is 509. The highest BCUT2D eigenvalue weighted by atomic mass is 19.4. The summed E-state index contributed by atoms with van der Waals surface area (Å²) < 4.78 is 38.7. The van der Waals surface area contributed by atoms with Crippen molar-refractivity contribution in [3.63, 3.8) is 0 Å². The van der Waals surface area contributed by atoms with Crippen molar-refractivity contribution in [1.29, 1.82) is 0 Å². The van der Waals surface area contributed by atoms with E-state index in [0.717, 1.165) is 18.9 Å². The summed E-state index contributed by atoms with van der Waals surface area (Å²) in [5, 5.41) is 4.36. The van der Waals surface area contributed by atoms with Gasteiger partial charge in [0.1, 0.15) is 0 Å². The Morgan fingerprint density at radius 1 is 1.09 bits per heavy atom. The number of quaternary nitrogens is 1. The van der Waals surface area contributed by atoms with Crippen LogP contribution in [-0.2, 0) is 11.0 Å². The summed E-state index contributed by atoms with van der Waals surface area (Å²) >= 11 is 0. The number of hydrogen-bond acceptors (Lipinski definition) is 1. The molecule has 1 amide bonds. The quantitative estimate of drug-likeness (QED) is 0.874. The molecule has 2 rings (SSSR count). The maximum atomic E-state index is 12.9. The van der Waals surface area contributed by atoms with E-state index in [4.69, 9.17) is 0 Å². The normalized spacial score (nSPS) is 17.3. The molecule has 128 valence electrons. The van der Waals surface area contributed by atoms with Gasteiger partial charge in [-0.05, 0) is 37.8 Å². The van der Waals surface area contributed by atoms with Crippen molar-refractivity contribution >= 4 is 11.6 Å². The average Bonchev–Trinajstić information content (AvgIpc) is 2.45. The summed E-state index contributed by atoms with van der Waals surface area (Å²) in [7, 11) is 0. The number of hydrogen-bond donors (Lipinski definition) is 2. The number of carbonyl (C=O) groups excluding carboxylic acids is 1. The van der Waals surface area contributed by atoms with Crippen LogP contribution in [0.2, 0.25) is 0 Å². The highest BCUT2D eigenvalue weighted by Crippen LogP contribution is 2.34. The highest BCUT2D eigenvalue weighted by Gasteiger charge is 2.33. The van der Waals surface area contributed by atoms with E-state index < -0.39 is 11.7 Å². The molecule has 23 heavy (non-hydrogen) atoms. The molecule has 0 heterocycles. The SMILES string of the molecule is O=C(C[NH2+]C1CCCCCCC1)Nc1ccccc1C(F)(F)F. The van der Waals surface area contributed by atoms with Crippen molar-refractivity contribution in [2.45, 2.75) is 57.2 Å². The van der Waals surface area contributed by atoms with Gasteiger partial charge in [0.05, 0.1) is 17.3 Å². The molecule has 3 N–H and O–H groups in total. The number of nitrogens with one attached hydrogen (secondary N) is 1. The van der Waals surface area contributed by atoms with E-state index in [1.54, 1.807) is 0 Å². The minimum Gasteiger partial charge on any atom is -0.336 e. The third-order valence-electron chi connectivity index (χ3n) is 4.29. The molecule has 3 nitrogen and oxygen atoms in total. The van der Waals surface area contributed by atoms with Gasteiger partial charge in [-0.1, -0.05) is 31.4 Å². The van der Waals surface area contributed by atoms with Gasteiger partial charge in [-0.2, -0.15) is 13.2 Å². The lowest BCUT2D eigenvalue weighted by Crippen LogP contribution is -2.91. The molecule has 1 fully saturated rings. The molecule has 0 aromatic heterocycles. The number of amides is 1. The average molecular weight is 329 g/mol. The summed E-state index contributed by atoms with van der Waals surface area (Å²) in [4.78, 5) is 12.0. The van der Waals surface area contributed by atoms with Crippen LogP contribution in [0.3, 0.4) is 0 Å². The van der Waals surface area contributed by atoms with Gasteiger partial charge < -0.3 is 10.6 Å². The first-order chi connectivity index (χ1) is 11.0. The van der Waals surface area contributed by atoms with Crippen molar-refractivity contribution in [3.8, 4) is 0 Å². The Labute approximate surface area is 134 Å². The van der Waals surface area contributed by atoms with Gasteiger partial charge >= 0.3 is 6.18 Å². The zero-order valence-corrected chi connectivity index (χ0v) is 13.2. The largest absolute Gasteiger partial charge is 0.418 e. The second-order valence-electron chi connectivity index (χ2n) is 6.14. The van der Waals surface area contributed by atoms with Gasteiger partial charge in [0.25, 0.3) is 5.91 Å². The van der Waals surface area contributed by atoms with Gasteiger partial charge in [-0.15, -0.1) is 0 Å². The molecule has 6 heteroatoms. The summed E-state index contributed by atoms with van der Waals surface area (Å²) in [5.74, 6) is -0.385. The van der Waals surface area contributed by atoms with E-state index >= 15 is 0 Å². The topological polar surface area (TPSA) is 45.7 Å². The Morgan fingerprint density at radius 3 is 2.35 bits per heavy atom. The summed E-state index contributed by atoms with van der Waals surface area (Å²) in [6.07, 6.45) is 3.76. The Morgan fingerprint density at radius 2 is 1.70 bits per heavy atom. The smallest absolute Gasteiger partial charge is 0.336 e. The van der Waals surface area contributed by atoms with Gasteiger partial charge in [0, 0.05) is 0 Å². The minimum atomic E-state index is -4.47. The monoisotopic (exact) mass is 329 g/mol. The first-order valence-corrected chi connectivity index (χ1v) is 8.26. The van der Waals surface area contributed by atoms with Crippen LogP contribution in [0.4, 0.5) is 18.9 Å². The molecule has 0 radical (unpaired) electrons. The number of carbonyl (C=O) groups is 1. The third kappa shape index (κ3) is 5.86. The molecule has 0 unspecified atom stereocenters. The predicted octanol–water partition coefficient (Wildman–Crippen LogP) is 3.32. The van der Waals surface area contributed by atoms with Gasteiger partial charge in [0.2, 0.25) is 0 Å². The van der Waals surface area contributed by atoms with Gasteiger partial charge in [-0.3, -0.25) is 4.79 Å². The lowest BCUT2D eigenvalue weighted by molar-refractivity contribution is -0.680. The predicted molar refractivity (Wildman–Crippen MR) is 83.0 cm³/mol. The molecule has 1 aliphatic rings. The fourth-order valence-corrected chi connectivity index (χ4v) is 3.04. The Kier molecular flexibility index (Phi) is 6.45. The first-order valence-electron chi connectivity index (χ1n) is 8.26. The van der Waals surface area contributed by atoms with Crippen LogP contribution in [0.15, 0.2) is 24.3 Å². The molecule has 1 aromatic carbocycles. The standard InChI is InChI=1S/C17H23F3N2O/c18-17(19,20)14-10-6-7-11-15(14)22-16(23)12-21-13-8-4-2-1-3-5-9-13/h6-7,10-11,13,21H,1-5,8-9,12H2,(H,22,23)/p+1. The van der Waals surface area contributed by atoms with E-state index in [2.05, 4.69) is 5.32 Å². The van der Waals surface area contributed by atoms with Gasteiger partial charge in [0.15, 0.2) is 6.54 Å². The number of benzene rings is 1. The maximum absolute atomic E-state index is 12.9. The van der Waals surface area contributed by atoms with E-state index in [1.165, 1.54) is 50.3 Å². The van der Waals surface area contributed by atoms with Crippen molar-refractivity contribution in [2.24, 2.45) is 0 Å². The van der Waals surface area contributed by atoms with Crippen LogP contribution in [0.25, 0.3) is 0 Å². The van der Waals surface area contributed by atoms with Crippen LogP contribution in [-0.4, -0.2) is 18.5 Å². The zero-order valence-electron chi connectivity index (χ0n) is 13.2. The molecule has 0 saturated heterocycles. The molecule has 1 aromatic rings. The molecule has 0 spiro atoms. The molecule has 0 aliphatic heterocycles. The fourth-order valence-electron chi connectivity index (χ4n) is 3.04. The summed E-state index contributed by atoms with van der Waals surface area (Å²) in [6, 6.07) is 5.48. The van der Waals surface area contributed by atoms with Crippen LogP contribution in [0.5, 0.6) is 0 Å². The molecular weight excluding hydrogens is 305 g/mol. The number of para-hydroxylation sites is 1.